The molecular weight excluding hydrogens is 202 g/mol. The minimum atomic E-state index is -1.55. The molecule has 1 aromatic rings. The highest BCUT2D eigenvalue weighted by molar-refractivity contribution is 6.63. The fraction of sp³-hybridized carbons (Fsp3) is 0.375. The quantitative estimate of drug-likeness (QED) is 0.617. The summed E-state index contributed by atoms with van der Waals surface area (Å²) in [5, 5.41) is 21.4. The maximum atomic E-state index is 8.99. The lowest BCUT2D eigenvalue weighted by Gasteiger charge is -2.08. The molecule has 3 N–H and O–H groups in total. The summed E-state index contributed by atoms with van der Waals surface area (Å²) < 4.78 is 0. The van der Waals surface area contributed by atoms with Gasteiger partial charge in [0, 0.05) is 17.7 Å². The summed E-state index contributed by atoms with van der Waals surface area (Å²) in [6, 6.07) is 1.93. The molecule has 0 aliphatic heterocycles. The summed E-state index contributed by atoms with van der Waals surface area (Å²) >= 11 is 5.93. The van der Waals surface area contributed by atoms with Gasteiger partial charge >= 0.3 is 7.12 Å². The average Bonchev–Trinajstić information content (AvgIpc) is 2.92. The van der Waals surface area contributed by atoms with Crippen LogP contribution in [0.3, 0.4) is 0 Å². The highest BCUT2D eigenvalue weighted by Crippen LogP contribution is 2.26. The van der Waals surface area contributed by atoms with E-state index in [-0.39, 0.29) is 10.5 Å². The highest BCUT2D eigenvalue weighted by atomic mass is 35.5. The second kappa shape index (κ2) is 3.77. The number of hydrogen-bond acceptors (Lipinski definition) is 4. The van der Waals surface area contributed by atoms with Gasteiger partial charge in [0.25, 0.3) is 0 Å². The van der Waals surface area contributed by atoms with Crippen molar-refractivity contribution in [3.8, 4) is 0 Å². The summed E-state index contributed by atoms with van der Waals surface area (Å²) in [5.41, 5.74) is 0.282. The molecular formula is C8H10BClN2O2. The standard InChI is InChI=1S/C8H10BClN2O2/c10-7-6(9(13)14)3-4-11-8(7)12-5-1-2-5/h3-5,13-14H,1-2H2,(H,11,12). The van der Waals surface area contributed by atoms with Crippen molar-refractivity contribution in [2.75, 3.05) is 5.32 Å². The number of nitrogens with zero attached hydrogens (tertiary/aromatic N) is 1. The smallest absolute Gasteiger partial charge is 0.423 e. The van der Waals surface area contributed by atoms with Crippen molar-refractivity contribution in [2.24, 2.45) is 0 Å². The van der Waals surface area contributed by atoms with Gasteiger partial charge < -0.3 is 15.4 Å². The van der Waals surface area contributed by atoms with Crippen LogP contribution < -0.4 is 10.8 Å². The van der Waals surface area contributed by atoms with Gasteiger partial charge in [0.15, 0.2) is 0 Å². The Morgan fingerprint density at radius 1 is 1.50 bits per heavy atom. The van der Waals surface area contributed by atoms with Crippen LogP contribution in [0.2, 0.25) is 5.02 Å². The highest BCUT2D eigenvalue weighted by Gasteiger charge is 2.24. The van der Waals surface area contributed by atoms with Crippen molar-refractivity contribution in [1.29, 1.82) is 0 Å². The second-order valence-corrected chi connectivity index (χ2v) is 3.73. The molecule has 1 aromatic heterocycles. The first kappa shape index (κ1) is 9.77. The summed E-state index contributed by atoms with van der Waals surface area (Å²) in [4.78, 5) is 4.04. The van der Waals surface area contributed by atoms with Gasteiger partial charge in [0.1, 0.15) is 5.82 Å². The number of halogens is 1. The lowest BCUT2D eigenvalue weighted by Crippen LogP contribution is -2.31. The normalized spacial score (nSPS) is 15.4. The molecule has 74 valence electrons. The predicted molar refractivity (Wildman–Crippen MR) is 55.7 cm³/mol. The molecule has 0 spiro atoms. The van der Waals surface area contributed by atoms with Crippen LogP contribution in [-0.4, -0.2) is 28.2 Å². The largest absolute Gasteiger partial charge is 0.490 e. The van der Waals surface area contributed by atoms with Gasteiger partial charge in [-0.2, -0.15) is 0 Å². The van der Waals surface area contributed by atoms with Crippen molar-refractivity contribution < 1.29 is 10.0 Å². The van der Waals surface area contributed by atoms with Crippen LogP contribution in [0.1, 0.15) is 12.8 Å². The zero-order valence-corrected chi connectivity index (χ0v) is 8.20. The van der Waals surface area contributed by atoms with E-state index in [0.717, 1.165) is 12.8 Å². The summed E-state index contributed by atoms with van der Waals surface area (Å²) in [7, 11) is -1.55. The van der Waals surface area contributed by atoms with Crippen molar-refractivity contribution >= 4 is 30.0 Å². The number of pyridine rings is 1. The van der Waals surface area contributed by atoms with Gasteiger partial charge in [0.2, 0.25) is 0 Å². The third-order valence-corrected chi connectivity index (χ3v) is 2.51. The van der Waals surface area contributed by atoms with E-state index >= 15 is 0 Å². The summed E-state index contributed by atoms with van der Waals surface area (Å²) in [5.74, 6) is 0.528. The van der Waals surface area contributed by atoms with Gasteiger partial charge in [-0.25, -0.2) is 4.98 Å². The molecule has 0 radical (unpaired) electrons. The Morgan fingerprint density at radius 2 is 2.21 bits per heavy atom. The molecule has 0 saturated heterocycles. The Morgan fingerprint density at radius 3 is 2.79 bits per heavy atom. The van der Waals surface area contributed by atoms with Crippen LogP contribution in [0.15, 0.2) is 12.3 Å². The first-order valence-corrected chi connectivity index (χ1v) is 4.83. The molecule has 14 heavy (non-hydrogen) atoms. The van der Waals surface area contributed by atoms with E-state index in [9.17, 15) is 0 Å². The van der Waals surface area contributed by atoms with Crippen molar-refractivity contribution in [3.63, 3.8) is 0 Å². The second-order valence-electron chi connectivity index (χ2n) is 3.36. The molecule has 1 fully saturated rings. The maximum Gasteiger partial charge on any atom is 0.490 e. The lowest BCUT2D eigenvalue weighted by molar-refractivity contribution is 0.426. The summed E-state index contributed by atoms with van der Waals surface area (Å²) in [6.07, 6.45) is 3.74. The number of aromatic nitrogens is 1. The van der Waals surface area contributed by atoms with Crippen LogP contribution in [0, 0.1) is 0 Å². The van der Waals surface area contributed by atoms with E-state index in [1.165, 1.54) is 12.3 Å². The van der Waals surface area contributed by atoms with Gasteiger partial charge in [-0.05, 0) is 18.9 Å². The van der Waals surface area contributed by atoms with Crippen LogP contribution in [0.4, 0.5) is 5.82 Å². The molecule has 6 heteroatoms. The number of rotatable bonds is 3. The minimum absolute atomic E-state index is 0.282. The number of nitrogens with one attached hydrogen (secondary N) is 1. The molecule has 4 nitrogen and oxygen atoms in total. The monoisotopic (exact) mass is 212 g/mol. The fourth-order valence-electron chi connectivity index (χ4n) is 1.18. The maximum absolute atomic E-state index is 8.99. The zero-order chi connectivity index (χ0) is 10.1. The number of anilines is 1. The zero-order valence-electron chi connectivity index (χ0n) is 7.44. The van der Waals surface area contributed by atoms with Gasteiger partial charge in [0.05, 0.1) is 5.02 Å². The fourth-order valence-corrected chi connectivity index (χ4v) is 1.44. The van der Waals surface area contributed by atoms with Crippen molar-refractivity contribution in [1.82, 2.24) is 4.98 Å². The molecule has 0 atom stereocenters. The van der Waals surface area contributed by atoms with Gasteiger partial charge in [-0.1, -0.05) is 11.6 Å². The summed E-state index contributed by atoms with van der Waals surface area (Å²) in [6.45, 7) is 0. The molecule has 0 amide bonds. The van der Waals surface area contributed by atoms with Crippen LogP contribution in [-0.2, 0) is 0 Å². The lowest BCUT2D eigenvalue weighted by atomic mass is 9.81. The molecule has 1 aliphatic carbocycles. The van der Waals surface area contributed by atoms with E-state index in [1.54, 1.807) is 0 Å². The Hall–Kier alpha value is -0.775. The Bertz CT molecular complexity index is 344. The molecule has 0 unspecified atom stereocenters. The Balaban J connectivity index is 2.25. The molecule has 2 rings (SSSR count). The van der Waals surface area contributed by atoms with E-state index in [4.69, 9.17) is 21.6 Å². The predicted octanol–water partition coefficient (Wildman–Crippen LogP) is -0.0109. The first-order chi connectivity index (χ1) is 6.68. The van der Waals surface area contributed by atoms with Crippen LogP contribution in [0.5, 0.6) is 0 Å². The molecule has 0 aromatic carbocycles. The van der Waals surface area contributed by atoms with Crippen LogP contribution in [0.25, 0.3) is 0 Å². The first-order valence-electron chi connectivity index (χ1n) is 4.45. The van der Waals surface area contributed by atoms with E-state index in [1.807, 2.05) is 0 Å². The Kier molecular flexibility index (Phi) is 2.63. The average molecular weight is 212 g/mol. The molecule has 1 aliphatic rings. The molecule has 1 heterocycles. The van der Waals surface area contributed by atoms with Crippen molar-refractivity contribution in [2.45, 2.75) is 18.9 Å². The molecule has 1 saturated carbocycles. The van der Waals surface area contributed by atoms with Gasteiger partial charge in [-0.15, -0.1) is 0 Å². The third kappa shape index (κ3) is 2.00. The SMILES string of the molecule is OB(O)c1ccnc(NC2CC2)c1Cl. The molecule has 0 bridgehead atoms. The minimum Gasteiger partial charge on any atom is -0.423 e. The van der Waals surface area contributed by atoms with E-state index in [0.29, 0.717) is 11.9 Å². The Labute approximate surface area is 87.1 Å². The van der Waals surface area contributed by atoms with E-state index in [2.05, 4.69) is 10.3 Å². The van der Waals surface area contributed by atoms with Crippen LogP contribution >= 0.6 is 11.6 Å². The number of hydrogen-bond donors (Lipinski definition) is 3. The van der Waals surface area contributed by atoms with Crippen molar-refractivity contribution in [3.05, 3.63) is 17.3 Å². The van der Waals surface area contributed by atoms with Gasteiger partial charge in [-0.3, -0.25) is 0 Å². The third-order valence-electron chi connectivity index (χ3n) is 2.12. The van der Waals surface area contributed by atoms with E-state index < -0.39 is 7.12 Å². The topological polar surface area (TPSA) is 65.4 Å².